The maximum absolute atomic E-state index is 12.5. The predicted octanol–water partition coefficient (Wildman–Crippen LogP) is 6.15. The number of hydrazone groups is 1. The van der Waals surface area contributed by atoms with Gasteiger partial charge in [0, 0.05) is 5.02 Å². The van der Waals surface area contributed by atoms with Gasteiger partial charge in [0.25, 0.3) is 5.91 Å². The van der Waals surface area contributed by atoms with Gasteiger partial charge in [-0.05, 0) is 80.9 Å². The van der Waals surface area contributed by atoms with Crippen LogP contribution in [0.1, 0.15) is 21.5 Å². The lowest BCUT2D eigenvalue weighted by Gasteiger charge is -2.13. The van der Waals surface area contributed by atoms with E-state index in [9.17, 15) is 9.90 Å². The number of aromatic hydroxyl groups is 1. The van der Waals surface area contributed by atoms with Gasteiger partial charge in [0.15, 0.2) is 11.5 Å². The Balaban J connectivity index is 1.46. The molecule has 6 nitrogen and oxygen atoms in total. The van der Waals surface area contributed by atoms with Gasteiger partial charge in [-0.3, -0.25) is 4.79 Å². The first kappa shape index (κ1) is 23.8. The summed E-state index contributed by atoms with van der Waals surface area (Å²) in [5, 5.41) is 16.6. The number of phenolic OH excluding ortho intramolecular Hbond substituents is 1. The Morgan fingerprint density at radius 2 is 1.79 bits per heavy atom. The summed E-state index contributed by atoms with van der Waals surface area (Å²) in [4.78, 5) is 12.5. The Kier molecular flexibility index (Phi) is 7.54. The van der Waals surface area contributed by atoms with Crippen LogP contribution in [0.5, 0.6) is 17.2 Å². The number of nitrogens with zero attached hydrogens (tertiary/aromatic N) is 1. The monoisotopic (exact) mass is 586 g/mol. The molecule has 4 aromatic carbocycles. The molecule has 4 rings (SSSR count). The molecule has 172 valence electrons. The Hall–Kier alpha value is -3.30. The largest absolute Gasteiger partial charge is 0.507 e. The maximum Gasteiger partial charge on any atom is 0.275 e. The van der Waals surface area contributed by atoms with Crippen LogP contribution in [-0.2, 0) is 6.61 Å². The molecule has 0 spiro atoms. The van der Waals surface area contributed by atoms with E-state index >= 15 is 0 Å². The second kappa shape index (κ2) is 10.8. The smallest absolute Gasteiger partial charge is 0.275 e. The number of carbonyl (C=O) groups excluding carboxylic acids is 1. The first-order chi connectivity index (χ1) is 16.4. The summed E-state index contributed by atoms with van der Waals surface area (Å²) in [5.74, 6) is 0.537. The molecule has 0 bridgehead atoms. The highest BCUT2D eigenvalue weighted by molar-refractivity contribution is 14.1. The maximum atomic E-state index is 12.5. The van der Waals surface area contributed by atoms with Gasteiger partial charge in [-0.15, -0.1) is 0 Å². The molecule has 0 fully saturated rings. The lowest BCUT2D eigenvalue weighted by atomic mass is 10.1. The molecule has 0 aliphatic heterocycles. The van der Waals surface area contributed by atoms with E-state index in [1.165, 1.54) is 6.21 Å². The van der Waals surface area contributed by atoms with Gasteiger partial charge in [0.1, 0.15) is 12.4 Å². The number of halogens is 2. The van der Waals surface area contributed by atoms with Crippen LogP contribution in [0.15, 0.2) is 77.9 Å². The number of ether oxygens (including phenoxy) is 2. The summed E-state index contributed by atoms with van der Waals surface area (Å²) >= 11 is 8.09. The van der Waals surface area contributed by atoms with Crippen LogP contribution in [0.25, 0.3) is 10.8 Å². The quantitative estimate of drug-likeness (QED) is 0.155. The lowest BCUT2D eigenvalue weighted by Crippen LogP contribution is -2.17. The van der Waals surface area contributed by atoms with Gasteiger partial charge in [-0.2, -0.15) is 5.10 Å². The molecule has 1 amide bonds. The number of phenols is 1. The second-order valence-electron chi connectivity index (χ2n) is 7.36. The molecule has 0 heterocycles. The Morgan fingerprint density at radius 1 is 1.09 bits per heavy atom. The molecule has 8 heteroatoms. The van der Waals surface area contributed by atoms with E-state index in [-0.39, 0.29) is 11.3 Å². The van der Waals surface area contributed by atoms with Crippen molar-refractivity contribution in [1.82, 2.24) is 5.43 Å². The zero-order chi connectivity index (χ0) is 24.1. The minimum atomic E-state index is -0.510. The Labute approximate surface area is 215 Å². The van der Waals surface area contributed by atoms with Crippen LogP contribution in [0.2, 0.25) is 5.02 Å². The molecule has 0 aromatic heterocycles. The average molecular weight is 587 g/mol. The van der Waals surface area contributed by atoms with Gasteiger partial charge in [0.05, 0.1) is 22.5 Å². The van der Waals surface area contributed by atoms with Crippen molar-refractivity contribution in [3.63, 3.8) is 0 Å². The number of fused-ring (bicyclic) bond motifs is 1. The summed E-state index contributed by atoms with van der Waals surface area (Å²) < 4.78 is 12.3. The number of nitrogens with one attached hydrogen (secondary N) is 1. The van der Waals surface area contributed by atoms with E-state index in [2.05, 4.69) is 33.1 Å². The number of benzene rings is 4. The van der Waals surface area contributed by atoms with Gasteiger partial charge in [0.2, 0.25) is 0 Å². The summed E-state index contributed by atoms with van der Waals surface area (Å²) in [6.07, 6.45) is 1.50. The number of carbonyl (C=O) groups is 1. The molecule has 4 aromatic rings. The molecule has 0 saturated carbocycles. The summed E-state index contributed by atoms with van der Waals surface area (Å²) in [6, 6.07) is 21.7. The van der Waals surface area contributed by atoms with Gasteiger partial charge >= 0.3 is 0 Å². The third-order valence-electron chi connectivity index (χ3n) is 5.04. The molecule has 34 heavy (non-hydrogen) atoms. The second-order valence-corrected chi connectivity index (χ2v) is 8.96. The van der Waals surface area contributed by atoms with Crippen molar-refractivity contribution in [1.29, 1.82) is 0 Å². The van der Waals surface area contributed by atoms with E-state index in [4.69, 9.17) is 21.1 Å². The molecule has 2 N–H and O–H groups in total. The van der Waals surface area contributed by atoms with Crippen molar-refractivity contribution in [3.8, 4) is 17.2 Å². The van der Waals surface area contributed by atoms with Crippen molar-refractivity contribution < 1.29 is 19.4 Å². The van der Waals surface area contributed by atoms with Crippen LogP contribution >= 0.6 is 34.2 Å². The van der Waals surface area contributed by atoms with Crippen molar-refractivity contribution >= 4 is 57.1 Å². The SMILES string of the molecule is COc1cc(C=NNC(=O)c2cc3ccccc3cc2O)cc(I)c1OCc1ccc(Cl)cc1. The number of hydrogen-bond donors (Lipinski definition) is 2. The number of rotatable bonds is 7. The summed E-state index contributed by atoms with van der Waals surface area (Å²) in [7, 11) is 1.56. The average Bonchev–Trinajstić information content (AvgIpc) is 2.83. The zero-order valence-electron chi connectivity index (χ0n) is 18.1. The third-order valence-corrected chi connectivity index (χ3v) is 6.09. The van der Waals surface area contributed by atoms with Crippen LogP contribution in [0.3, 0.4) is 0 Å². The topological polar surface area (TPSA) is 80.2 Å². The molecule has 0 radical (unpaired) electrons. The van der Waals surface area contributed by atoms with E-state index in [1.807, 2.05) is 54.6 Å². The zero-order valence-corrected chi connectivity index (χ0v) is 21.0. The van der Waals surface area contributed by atoms with Crippen molar-refractivity contribution in [2.75, 3.05) is 7.11 Å². The van der Waals surface area contributed by atoms with E-state index < -0.39 is 5.91 Å². The van der Waals surface area contributed by atoms with Crippen molar-refractivity contribution in [3.05, 3.63) is 98.1 Å². The number of amides is 1. The van der Waals surface area contributed by atoms with Crippen molar-refractivity contribution in [2.24, 2.45) is 5.10 Å². The summed E-state index contributed by atoms with van der Waals surface area (Å²) in [5.41, 5.74) is 4.30. The molecular formula is C26H20ClIN2O4. The molecule has 0 saturated heterocycles. The lowest BCUT2D eigenvalue weighted by molar-refractivity contribution is 0.0952. The summed E-state index contributed by atoms with van der Waals surface area (Å²) in [6.45, 7) is 0.363. The van der Waals surface area contributed by atoms with E-state index in [0.717, 1.165) is 19.9 Å². The third kappa shape index (κ3) is 5.60. The number of methoxy groups -OCH3 is 1. The fourth-order valence-corrected chi connectivity index (χ4v) is 4.23. The fourth-order valence-electron chi connectivity index (χ4n) is 3.33. The Bertz CT molecular complexity index is 1370. The molecule has 0 unspecified atom stereocenters. The van der Waals surface area contributed by atoms with E-state index in [1.54, 1.807) is 25.3 Å². The molecule has 0 aliphatic rings. The minimum Gasteiger partial charge on any atom is -0.507 e. The van der Waals surface area contributed by atoms with Crippen LogP contribution in [-0.4, -0.2) is 24.3 Å². The van der Waals surface area contributed by atoms with Crippen LogP contribution in [0, 0.1) is 3.57 Å². The first-order valence-electron chi connectivity index (χ1n) is 10.2. The number of hydrogen-bond acceptors (Lipinski definition) is 5. The normalized spacial score (nSPS) is 11.0. The minimum absolute atomic E-state index is 0.107. The van der Waals surface area contributed by atoms with Gasteiger partial charge in [-0.1, -0.05) is 48.0 Å². The molecule has 0 atom stereocenters. The first-order valence-corrected chi connectivity index (χ1v) is 11.7. The molecular weight excluding hydrogens is 567 g/mol. The standard InChI is InChI=1S/C26H20ClIN2O4/c1-33-24-11-17(10-22(28)25(24)34-15-16-6-8-20(27)9-7-16)14-29-30-26(32)21-12-18-4-2-3-5-19(18)13-23(21)31/h2-14,31H,15H2,1H3,(H,30,32). The highest BCUT2D eigenvalue weighted by Gasteiger charge is 2.13. The predicted molar refractivity (Wildman–Crippen MR) is 142 cm³/mol. The highest BCUT2D eigenvalue weighted by atomic mass is 127. The van der Waals surface area contributed by atoms with E-state index in [0.29, 0.717) is 28.7 Å². The molecule has 0 aliphatic carbocycles. The van der Waals surface area contributed by atoms with Crippen LogP contribution in [0.4, 0.5) is 0 Å². The fraction of sp³-hybridized carbons (Fsp3) is 0.0769. The van der Waals surface area contributed by atoms with Crippen LogP contribution < -0.4 is 14.9 Å². The Morgan fingerprint density at radius 3 is 2.50 bits per heavy atom. The van der Waals surface area contributed by atoms with Crippen molar-refractivity contribution in [2.45, 2.75) is 6.61 Å². The van der Waals surface area contributed by atoms with Gasteiger partial charge < -0.3 is 14.6 Å². The highest BCUT2D eigenvalue weighted by Crippen LogP contribution is 2.34. The van der Waals surface area contributed by atoms with Gasteiger partial charge in [-0.25, -0.2) is 5.43 Å².